The van der Waals surface area contributed by atoms with Crippen LogP contribution in [0.4, 0.5) is 5.82 Å². The van der Waals surface area contributed by atoms with Crippen LogP contribution in [0.3, 0.4) is 0 Å². The lowest BCUT2D eigenvalue weighted by molar-refractivity contribution is -0.122. The molecule has 1 aromatic rings. The highest BCUT2D eigenvalue weighted by Gasteiger charge is 2.28. The monoisotopic (exact) mass is 278 g/mol. The molecule has 102 valence electrons. The fourth-order valence-electron chi connectivity index (χ4n) is 1.75. The van der Waals surface area contributed by atoms with E-state index in [0.717, 1.165) is 24.1 Å². The summed E-state index contributed by atoms with van der Waals surface area (Å²) in [6.45, 7) is 3.08. The third-order valence-electron chi connectivity index (χ3n) is 2.96. The summed E-state index contributed by atoms with van der Waals surface area (Å²) in [6, 6.07) is 3.73. The second kappa shape index (κ2) is 5.97. The van der Waals surface area contributed by atoms with E-state index in [-0.39, 0.29) is 11.8 Å². The molecule has 0 spiro atoms. The highest BCUT2D eigenvalue weighted by Crippen LogP contribution is 2.28. The van der Waals surface area contributed by atoms with E-state index in [4.69, 9.17) is 18.0 Å². The number of aryl methyl sites for hydroxylation is 1. The maximum absolute atomic E-state index is 11.5. The molecule has 6 heteroatoms. The number of amides is 1. The molecule has 1 aliphatic carbocycles. The fourth-order valence-corrected chi connectivity index (χ4v) is 1.91. The summed E-state index contributed by atoms with van der Waals surface area (Å²) >= 11 is 4.98. The van der Waals surface area contributed by atoms with Gasteiger partial charge in [0, 0.05) is 24.7 Å². The number of hydrogen-bond donors (Lipinski definition) is 3. The Bertz CT molecular complexity index is 499. The standard InChI is InChI=1S/C13H18N4OS/c1-8-2-5-10(11(14)19)12(17-8)15-6-7-16-13(18)9-3-4-9/h2,5,9H,3-4,6-7H2,1H3,(H2,14,19)(H,15,17)(H,16,18). The van der Waals surface area contributed by atoms with Crippen molar-refractivity contribution in [3.63, 3.8) is 0 Å². The van der Waals surface area contributed by atoms with Gasteiger partial charge in [-0.25, -0.2) is 4.98 Å². The van der Waals surface area contributed by atoms with Gasteiger partial charge in [0.15, 0.2) is 0 Å². The molecule has 1 aromatic heterocycles. The summed E-state index contributed by atoms with van der Waals surface area (Å²) in [5.74, 6) is 1.06. The normalized spacial score (nSPS) is 13.9. The van der Waals surface area contributed by atoms with Crippen molar-refractivity contribution in [1.82, 2.24) is 10.3 Å². The lowest BCUT2D eigenvalue weighted by Gasteiger charge is -2.11. The number of aromatic nitrogens is 1. The predicted octanol–water partition coefficient (Wildman–Crippen LogP) is 0.962. The van der Waals surface area contributed by atoms with Gasteiger partial charge in [0.2, 0.25) is 5.91 Å². The van der Waals surface area contributed by atoms with Crippen LogP contribution in [-0.2, 0) is 4.79 Å². The van der Waals surface area contributed by atoms with Gasteiger partial charge in [-0.2, -0.15) is 0 Å². The molecule has 0 unspecified atom stereocenters. The van der Waals surface area contributed by atoms with Gasteiger partial charge in [-0.05, 0) is 31.9 Å². The van der Waals surface area contributed by atoms with E-state index in [2.05, 4.69) is 15.6 Å². The lowest BCUT2D eigenvalue weighted by atomic mass is 10.2. The largest absolute Gasteiger partial charge is 0.389 e. The maximum atomic E-state index is 11.5. The van der Waals surface area contributed by atoms with E-state index in [0.29, 0.717) is 23.9 Å². The maximum Gasteiger partial charge on any atom is 0.223 e. The van der Waals surface area contributed by atoms with E-state index < -0.39 is 0 Å². The van der Waals surface area contributed by atoms with Crippen LogP contribution in [0.15, 0.2) is 12.1 Å². The molecule has 4 N–H and O–H groups in total. The van der Waals surface area contributed by atoms with Crippen molar-refractivity contribution in [2.75, 3.05) is 18.4 Å². The summed E-state index contributed by atoms with van der Waals surface area (Å²) in [5, 5.41) is 6.04. The first-order valence-corrected chi connectivity index (χ1v) is 6.78. The molecule has 0 saturated heterocycles. The van der Waals surface area contributed by atoms with Crippen molar-refractivity contribution >= 4 is 28.9 Å². The van der Waals surface area contributed by atoms with E-state index in [1.807, 2.05) is 19.1 Å². The highest BCUT2D eigenvalue weighted by atomic mass is 32.1. The fraction of sp³-hybridized carbons (Fsp3) is 0.462. The van der Waals surface area contributed by atoms with E-state index >= 15 is 0 Å². The Kier molecular flexibility index (Phi) is 4.31. The first kappa shape index (κ1) is 13.7. The number of hydrogen-bond acceptors (Lipinski definition) is 4. The molecule has 5 nitrogen and oxygen atoms in total. The molecular weight excluding hydrogens is 260 g/mol. The zero-order chi connectivity index (χ0) is 13.8. The Morgan fingerprint density at radius 3 is 2.84 bits per heavy atom. The minimum Gasteiger partial charge on any atom is -0.389 e. The number of nitrogens with zero attached hydrogens (tertiary/aromatic N) is 1. The molecule has 0 aliphatic heterocycles. The molecule has 2 rings (SSSR count). The van der Waals surface area contributed by atoms with E-state index in [9.17, 15) is 4.79 Å². The van der Waals surface area contributed by atoms with Crippen LogP contribution in [-0.4, -0.2) is 29.0 Å². The minimum atomic E-state index is 0.147. The van der Waals surface area contributed by atoms with Gasteiger partial charge >= 0.3 is 0 Å². The predicted molar refractivity (Wildman–Crippen MR) is 79.1 cm³/mol. The first-order chi connectivity index (χ1) is 9.08. The molecule has 1 amide bonds. The summed E-state index contributed by atoms with van der Waals surface area (Å²) in [7, 11) is 0. The minimum absolute atomic E-state index is 0.147. The quantitative estimate of drug-likeness (QED) is 0.533. The molecule has 1 heterocycles. The number of nitrogens with one attached hydrogen (secondary N) is 2. The van der Waals surface area contributed by atoms with Crippen molar-refractivity contribution in [2.45, 2.75) is 19.8 Å². The van der Waals surface area contributed by atoms with Gasteiger partial charge in [-0.1, -0.05) is 12.2 Å². The third kappa shape index (κ3) is 3.89. The second-order valence-corrected chi connectivity index (χ2v) is 5.14. The van der Waals surface area contributed by atoms with Gasteiger partial charge in [0.05, 0.1) is 5.56 Å². The van der Waals surface area contributed by atoms with Crippen molar-refractivity contribution in [1.29, 1.82) is 0 Å². The smallest absolute Gasteiger partial charge is 0.223 e. The van der Waals surface area contributed by atoms with Gasteiger partial charge in [0.25, 0.3) is 0 Å². The molecular formula is C13H18N4OS. The average Bonchev–Trinajstić information content (AvgIpc) is 3.18. The number of rotatable bonds is 6. The Morgan fingerprint density at radius 1 is 1.47 bits per heavy atom. The highest BCUT2D eigenvalue weighted by molar-refractivity contribution is 7.80. The summed E-state index contributed by atoms with van der Waals surface area (Å²) in [5.41, 5.74) is 7.27. The molecule has 19 heavy (non-hydrogen) atoms. The second-order valence-electron chi connectivity index (χ2n) is 4.71. The van der Waals surface area contributed by atoms with Crippen LogP contribution in [0.25, 0.3) is 0 Å². The summed E-state index contributed by atoms with van der Waals surface area (Å²) in [6.07, 6.45) is 2.04. The van der Waals surface area contributed by atoms with E-state index in [1.165, 1.54) is 0 Å². The summed E-state index contributed by atoms with van der Waals surface area (Å²) < 4.78 is 0. The number of pyridine rings is 1. The van der Waals surface area contributed by atoms with Crippen molar-refractivity contribution in [3.05, 3.63) is 23.4 Å². The van der Waals surface area contributed by atoms with Crippen LogP contribution < -0.4 is 16.4 Å². The Morgan fingerprint density at radius 2 is 2.21 bits per heavy atom. The van der Waals surface area contributed by atoms with Gasteiger partial charge < -0.3 is 16.4 Å². The van der Waals surface area contributed by atoms with Crippen molar-refractivity contribution in [3.8, 4) is 0 Å². The molecule has 1 aliphatic rings. The lowest BCUT2D eigenvalue weighted by Crippen LogP contribution is -2.30. The Labute approximate surface area is 118 Å². The number of nitrogens with two attached hydrogens (primary N) is 1. The van der Waals surface area contributed by atoms with Crippen LogP contribution in [0.1, 0.15) is 24.1 Å². The Hall–Kier alpha value is -1.69. The molecule has 0 atom stereocenters. The first-order valence-electron chi connectivity index (χ1n) is 6.37. The van der Waals surface area contributed by atoms with Crippen LogP contribution in [0, 0.1) is 12.8 Å². The van der Waals surface area contributed by atoms with Crippen LogP contribution in [0.5, 0.6) is 0 Å². The van der Waals surface area contributed by atoms with Crippen LogP contribution >= 0.6 is 12.2 Å². The third-order valence-corrected chi connectivity index (χ3v) is 3.18. The SMILES string of the molecule is Cc1ccc(C(N)=S)c(NCCNC(=O)C2CC2)n1. The summed E-state index contributed by atoms with van der Waals surface area (Å²) in [4.78, 5) is 16.1. The van der Waals surface area contributed by atoms with Crippen molar-refractivity contribution < 1.29 is 4.79 Å². The zero-order valence-corrected chi connectivity index (χ0v) is 11.7. The topological polar surface area (TPSA) is 80.0 Å². The molecule has 0 bridgehead atoms. The molecule has 1 fully saturated rings. The zero-order valence-electron chi connectivity index (χ0n) is 10.9. The van der Waals surface area contributed by atoms with E-state index in [1.54, 1.807) is 0 Å². The van der Waals surface area contributed by atoms with Crippen molar-refractivity contribution in [2.24, 2.45) is 11.7 Å². The number of carbonyl (C=O) groups is 1. The molecule has 1 saturated carbocycles. The van der Waals surface area contributed by atoms with Crippen LogP contribution in [0.2, 0.25) is 0 Å². The van der Waals surface area contributed by atoms with Gasteiger partial charge in [-0.15, -0.1) is 0 Å². The molecule has 0 radical (unpaired) electrons. The molecule has 0 aromatic carbocycles. The number of carbonyl (C=O) groups excluding carboxylic acids is 1. The average molecular weight is 278 g/mol. The van der Waals surface area contributed by atoms with Gasteiger partial charge in [-0.3, -0.25) is 4.79 Å². The number of thiocarbonyl (C=S) groups is 1. The van der Waals surface area contributed by atoms with Gasteiger partial charge in [0.1, 0.15) is 10.8 Å². The number of anilines is 1. The Balaban J connectivity index is 1.85.